The molecule has 0 spiro atoms. The monoisotopic (exact) mass is 601 g/mol. The van der Waals surface area contributed by atoms with Crippen molar-refractivity contribution < 1.29 is 56.6 Å². The van der Waals surface area contributed by atoms with Gasteiger partial charge in [-0.15, -0.1) is 5.10 Å². The molecule has 0 heterocycles. The average Bonchev–Trinajstić information content (AvgIpc) is 2.69. The largest absolute Gasteiger partial charge is 2.00 e. The van der Waals surface area contributed by atoms with Crippen molar-refractivity contribution in [1.29, 1.82) is 0 Å². The molecule has 2 N–H and O–H groups in total. The summed E-state index contributed by atoms with van der Waals surface area (Å²) in [7, 11) is 2.82. The van der Waals surface area contributed by atoms with Crippen LogP contribution in [0, 0.1) is 0 Å². The van der Waals surface area contributed by atoms with Crippen molar-refractivity contribution >= 4 is 47.0 Å². The number of amidine groups is 2. The molecule has 0 aromatic heterocycles. The Morgan fingerprint density at radius 3 is 1.40 bits per heavy atom. The first-order valence-electron chi connectivity index (χ1n) is 8.72. The fourth-order valence-corrected chi connectivity index (χ4v) is 2.64. The second-order valence-corrected chi connectivity index (χ2v) is 7.04. The molecule has 35 heavy (non-hydrogen) atoms. The van der Waals surface area contributed by atoms with Crippen molar-refractivity contribution in [3.63, 3.8) is 0 Å². The van der Waals surface area contributed by atoms with Crippen LogP contribution in [0.2, 0.25) is 0 Å². The molecule has 0 aliphatic heterocycles. The van der Waals surface area contributed by atoms with Crippen LogP contribution >= 0.6 is 0 Å². The van der Waals surface area contributed by atoms with E-state index in [1.807, 2.05) is 0 Å². The topological polar surface area (TPSA) is 73.5 Å². The van der Waals surface area contributed by atoms with Gasteiger partial charge in [0.25, 0.3) is 5.41 Å². The van der Waals surface area contributed by atoms with Gasteiger partial charge in [-0.1, -0.05) is 24.3 Å². The van der Waals surface area contributed by atoms with Crippen LogP contribution in [0.1, 0.15) is 18.1 Å². The Morgan fingerprint density at radius 1 is 0.686 bits per heavy atom. The molecule has 1 aromatic carbocycles. The van der Waals surface area contributed by atoms with Crippen molar-refractivity contribution in [1.82, 2.24) is 10.6 Å². The molecule has 199 valence electrons. The Kier molecular flexibility index (Phi) is 11.4. The van der Waals surface area contributed by atoms with E-state index in [9.17, 15) is 39.5 Å². The first-order valence-corrected chi connectivity index (χ1v) is 9.54. The van der Waals surface area contributed by atoms with Crippen molar-refractivity contribution in [3.8, 4) is 0 Å². The summed E-state index contributed by atoms with van der Waals surface area (Å²) in [6, 6.07) is 1.27. The Labute approximate surface area is 214 Å². The number of hydrogen-bond acceptors (Lipinski definition) is 6. The Hall–Kier alpha value is -2.17. The first-order chi connectivity index (χ1) is 15.4. The van der Waals surface area contributed by atoms with Crippen LogP contribution in [0.4, 0.5) is 39.5 Å². The Balaban J connectivity index is 0.0000116. The van der Waals surface area contributed by atoms with E-state index in [2.05, 4.69) is 31.0 Å². The SMILES string of the molecule is CN/C([S-])=N/N=C(C)/C(=N/N=C(\[S-])NC)c1ccc(C(C(F)(F)F)(C(F)(F)F)C(F)(F)F)cc1.[Cu+2]. The fraction of sp³-hybridized carbons (Fsp3) is 0.412. The standard InChI is InChI=1S/C17H17F9N6S2.Cu/c1-8(29-31-12(33)27-2)11(30-32-13(34)28-3)9-4-6-10(7-5-9)14(15(18,19)20,16(21,22)23)17(24,25)26;/h4-7H,1-3H3,(H2,27,31,33)(H2,28,32,34);/q;+2/p-2/b29-8+,30-11-;. The zero-order valence-corrected chi connectivity index (χ0v) is 20.2. The van der Waals surface area contributed by atoms with Gasteiger partial charge in [-0.2, -0.15) is 54.8 Å². The summed E-state index contributed by atoms with van der Waals surface area (Å²) in [5.41, 5.74) is -8.76. The van der Waals surface area contributed by atoms with Gasteiger partial charge in [0.05, 0.1) is 5.71 Å². The van der Waals surface area contributed by atoms with Gasteiger partial charge < -0.3 is 35.9 Å². The number of halogens is 9. The van der Waals surface area contributed by atoms with Crippen LogP contribution in [-0.4, -0.2) is 54.4 Å². The summed E-state index contributed by atoms with van der Waals surface area (Å²) in [6.07, 6.45) is -20.2. The van der Waals surface area contributed by atoms with Crippen molar-refractivity contribution in [3.05, 3.63) is 35.4 Å². The van der Waals surface area contributed by atoms with E-state index in [0.717, 1.165) is 0 Å². The number of nitrogens with zero attached hydrogens (tertiary/aromatic N) is 4. The quantitative estimate of drug-likeness (QED) is 0.134. The number of rotatable bonds is 5. The van der Waals surface area contributed by atoms with Crippen LogP contribution in [0.15, 0.2) is 44.7 Å². The predicted molar refractivity (Wildman–Crippen MR) is 114 cm³/mol. The molecule has 0 fully saturated rings. The van der Waals surface area contributed by atoms with Crippen LogP contribution in [0.3, 0.4) is 0 Å². The normalized spacial score (nSPS) is 15.0. The van der Waals surface area contributed by atoms with Crippen molar-refractivity contribution in [2.75, 3.05) is 14.1 Å². The minimum absolute atomic E-state index is 0. The van der Waals surface area contributed by atoms with E-state index in [1.54, 1.807) is 0 Å². The molecule has 0 aliphatic rings. The maximum absolute atomic E-state index is 13.3. The molecule has 0 saturated heterocycles. The number of nitrogens with one attached hydrogen (secondary N) is 2. The van der Waals surface area contributed by atoms with Gasteiger partial charge in [-0.3, -0.25) is 0 Å². The Bertz CT molecular complexity index is 948. The van der Waals surface area contributed by atoms with Gasteiger partial charge in [0.2, 0.25) is 0 Å². The molecule has 0 atom stereocenters. The number of alkyl halides is 9. The van der Waals surface area contributed by atoms with Gasteiger partial charge in [0.15, 0.2) is 0 Å². The average molecular weight is 602 g/mol. The first kappa shape index (κ1) is 32.8. The van der Waals surface area contributed by atoms with Crippen LogP contribution in [0.5, 0.6) is 0 Å². The predicted octanol–water partition coefficient (Wildman–Crippen LogP) is 3.93. The Morgan fingerprint density at radius 2 is 1.06 bits per heavy atom. The van der Waals surface area contributed by atoms with Crippen LogP contribution < -0.4 is 10.6 Å². The van der Waals surface area contributed by atoms with Gasteiger partial charge >= 0.3 is 35.6 Å². The molecule has 0 saturated carbocycles. The maximum atomic E-state index is 13.3. The second kappa shape index (κ2) is 12.2. The summed E-state index contributed by atoms with van der Waals surface area (Å²) >= 11 is 9.54. The van der Waals surface area contributed by atoms with Crippen molar-refractivity contribution in [2.24, 2.45) is 20.4 Å². The van der Waals surface area contributed by atoms with E-state index >= 15 is 0 Å². The molecular weight excluding hydrogens is 587 g/mol. The van der Waals surface area contributed by atoms with Crippen molar-refractivity contribution in [2.45, 2.75) is 30.9 Å². The van der Waals surface area contributed by atoms with Crippen LogP contribution in [0.25, 0.3) is 0 Å². The molecule has 18 heteroatoms. The molecule has 1 rings (SSSR count). The van der Waals surface area contributed by atoms with Crippen LogP contribution in [-0.2, 0) is 47.7 Å². The summed E-state index contributed by atoms with van der Waals surface area (Å²) < 4.78 is 120. The van der Waals surface area contributed by atoms with E-state index in [1.165, 1.54) is 21.0 Å². The zero-order valence-electron chi connectivity index (χ0n) is 17.6. The molecule has 0 unspecified atom stereocenters. The summed E-state index contributed by atoms with van der Waals surface area (Å²) in [6.45, 7) is 1.29. The summed E-state index contributed by atoms with van der Waals surface area (Å²) in [5, 5.41) is 19.3. The number of hydrogen-bond donors (Lipinski definition) is 2. The zero-order chi connectivity index (χ0) is 26.5. The molecule has 0 bridgehead atoms. The van der Waals surface area contributed by atoms with E-state index in [4.69, 9.17) is 25.3 Å². The van der Waals surface area contributed by atoms with E-state index in [-0.39, 0.29) is 56.5 Å². The van der Waals surface area contributed by atoms with E-state index < -0.39 is 29.5 Å². The molecule has 1 radical (unpaired) electrons. The molecular formula is C17H15CuF9N6S2. The fourth-order valence-electron chi connectivity index (χ4n) is 2.55. The number of benzene rings is 1. The summed E-state index contributed by atoms with van der Waals surface area (Å²) in [4.78, 5) is 0. The third-order valence-electron chi connectivity index (χ3n) is 4.17. The summed E-state index contributed by atoms with van der Waals surface area (Å²) in [5.74, 6) is 0. The van der Waals surface area contributed by atoms with Gasteiger partial charge in [0, 0.05) is 19.7 Å². The second-order valence-electron chi connectivity index (χ2n) is 6.26. The molecule has 6 nitrogen and oxygen atoms in total. The van der Waals surface area contributed by atoms with E-state index in [0.29, 0.717) is 12.1 Å². The molecule has 0 aliphatic carbocycles. The van der Waals surface area contributed by atoms with Gasteiger partial charge in [-0.05, 0) is 22.8 Å². The van der Waals surface area contributed by atoms with Gasteiger partial charge in [-0.25, -0.2) is 0 Å². The third-order valence-corrected chi connectivity index (χ3v) is 4.74. The smallest absolute Gasteiger partial charge is 0.741 e. The minimum atomic E-state index is -6.74. The third kappa shape index (κ3) is 7.17. The van der Waals surface area contributed by atoms with Gasteiger partial charge in [0.1, 0.15) is 5.71 Å². The minimum Gasteiger partial charge on any atom is -0.741 e. The maximum Gasteiger partial charge on any atom is 2.00 e. The molecule has 1 aromatic rings. The molecule has 0 amide bonds.